The highest BCUT2D eigenvalue weighted by Gasteiger charge is 2.40. The molecule has 2 saturated heterocycles. The number of ether oxygens (including phenoxy) is 1. The number of carbonyl (C=O) groups is 1. The molecule has 0 saturated carbocycles. The maximum absolute atomic E-state index is 13.9. The number of hydrogen-bond donors (Lipinski definition) is 0. The Morgan fingerprint density at radius 3 is 2.32 bits per heavy atom. The lowest BCUT2D eigenvalue weighted by Crippen LogP contribution is -2.52. The van der Waals surface area contributed by atoms with Crippen LogP contribution in [0.4, 0.5) is 4.79 Å². The van der Waals surface area contributed by atoms with Gasteiger partial charge in [-0.25, -0.2) is 13.2 Å². The van der Waals surface area contributed by atoms with Crippen LogP contribution in [-0.2, 0) is 21.2 Å². The maximum atomic E-state index is 13.9. The molecule has 1 unspecified atom stereocenters. The van der Waals surface area contributed by atoms with Gasteiger partial charge < -0.3 is 14.5 Å². The van der Waals surface area contributed by atoms with Crippen LogP contribution in [-0.4, -0.2) is 80.5 Å². The Morgan fingerprint density at radius 1 is 1.00 bits per heavy atom. The van der Waals surface area contributed by atoms with Crippen molar-refractivity contribution >= 4 is 27.7 Å². The van der Waals surface area contributed by atoms with Crippen molar-refractivity contribution in [2.45, 2.75) is 68.0 Å². The number of likely N-dealkylation sites (tertiary alicyclic amines) is 1. The summed E-state index contributed by atoms with van der Waals surface area (Å²) >= 11 is 6.04. The fourth-order valence-electron chi connectivity index (χ4n) is 5.47. The second-order valence-corrected chi connectivity index (χ2v) is 12.6. The highest BCUT2D eigenvalue weighted by atomic mass is 35.5. The van der Waals surface area contributed by atoms with Gasteiger partial charge in [-0.3, -0.25) is 0 Å². The number of carbonyl (C=O) groups excluding carboxylic acids is 1. The molecule has 37 heavy (non-hydrogen) atoms. The third kappa shape index (κ3) is 7.05. The highest BCUT2D eigenvalue weighted by molar-refractivity contribution is 7.89. The summed E-state index contributed by atoms with van der Waals surface area (Å²) < 4.78 is 35.2. The lowest BCUT2D eigenvalue weighted by atomic mass is 9.94. The molecule has 2 heterocycles. The standard InChI is InChI=1S/C28H38ClN3O4S/c1-30-19-17-24(18-20-30)31(2)28(33)36-21-26-10-6-9-25(14-11-22-7-4-3-5-8-22)32(26)37(34,35)27-15-12-23(29)13-16-27/h3-5,7-8,12-13,15-16,24-26H,6,9-11,14,17-21H2,1-2H3/t25-,26?/m0/s1. The Balaban J connectivity index is 1.50. The maximum Gasteiger partial charge on any atom is 0.409 e. The number of hydrogen-bond acceptors (Lipinski definition) is 5. The summed E-state index contributed by atoms with van der Waals surface area (Å²) in [7, 11) is 0.0547. The lowest BCUT2D eigenvalue weighted by Gasteiger charge is -2.41. The third-order valence-electron chi connectivity index (χ3n) is 7.72. The molecule has 2 aliphatic rings. The molecule has 2 atom stereocenters. The number of sulfonamides is 1. The zero-order chi connectivity index (χ0) is 26.4. The van der Waals surface area contributed by atoms with Gasteiger partial charge in [0.25, 0.3) is 0 Å². The molecule has 202 valence electrons. The van der Waals surface area contributed by atoms with Crippen LogP contribution in [0.5, 0.6) is 0 Å². The van der Waals surface area contributed by atoms with Crippen molar-refractivity contribution in [2.75, 3.05) is 33.8 Å². The van der Waals surface area contributed by atoms with Crippen LogP contribution in [0, 0.1) is 0 Å². The van der Waals surface area contributed by atoms with E-state index in [4.69, 9.17) is 16.3 Å². The van der Waals surface area contributed by atoms with Crippen LogP contribution in [0.15, 0.2) is 59.5 Å². The van der Waals surface area contributed by atoms with E-state index in [-0.39, 0.29) is 29.7 Å². The minimum Gasteiger partial charge on any atom is -0.448 e. The minimum atomic E-state index is -3.81. The Hall–Kier alpha value is -2.13. The van der Waals surface area contributed by atoms with Crippen molar-refractivity contribution in [1.82, 2.24) is 14.1 Å². The first kappa shape index (κ1) is 27.9. The summed E-state index contributed by atoms with van der Waals surface area (Å²) in [6.45, 7) is 1.94. The van der Waals surface area contributed by atoms with Gasteiger partial charge in [-0.2, -0.15) is 4.31 Å². The SMILES string of the molecule is CN1CCC(N(C)C(=O)OCC2CCC[C@@H](CCc3ccccc3)N2S(=O)(=O)c2ccc(Cl)cc2)CC1. The summed E-state index contributed by atoms with van der Waals surface area (Å²) in [5, 5.41) is 0.487. The van der Waals surface area contributed by atoms with Crippen molar-refractivity contribution in [2.24, 2.45) is 0 Å². The van der Waals surface area contributed by atoms with Crippen LogP contribution in [0.2, 0.25) is 5.02 Å². The van der Waals surface area contributed by atoms with Crippen molar-refractivity contribution in [3.05, 3.63) is 65.2 Å². The molecule has 0 spiro atoms. The molecule has 2 aromatic rings. The van der Waals surface area contributed by atoms with E-state index >= 15 is 0 Å². The zero-order valence-corrected chi connectivity index (χ0v) is 23.3. The molecular weight excluding hydrogens is 510 g/mol. The van der Waals surface area contributed by atoms with Gasteiger partial charge in [0.1, 0.15) is 6.61 Å². The van der Waals surface area contributed by atoms with E-state index < -0.39 is 16.1 Å². The number of halogens is 1. The summed E-state index contributed by atoms with van der Waals surface area (Å²) in [5.74, 6) is 0. The fraction of sp³-hybridized carbons (Fsp3) is 0.536. The molecular formula is C28H38ClN3O4S. The van der Waals surface area contributed by atoms with Gasteiger partial charge in [0.05, 0.1) is 10.9 Å². The molecule has 4 rings (SSSR count). The quantitative estimate of drug-likeness (QED) is 0.462. The first-order valence-electron chi connectivity index (χ1n) is 13.2. The van der Waals surface area contributed by atoms with E-state index in [0.29, 0.717) is 17.9 Å². The van der Waals surface area contributed by atoms with Gasteiger partial charge in [-0.15, -0.1) is 0 Å². The van der Waals surface area contributed by atoms with Gasteiger partial charge in [0, 0.05) is 24.2 Å². The third-order valence-corrected chi connectivity index (χ3v) is 9.99. The molecule has 0 aromatic heterocycles. The van der Waals surface area contributed by atoms with E-state index in [2.05, 4.69) is 24.1 Å². The first-order chi connectivity index (χ1) is 17.8. The summed E-state index contributed by atoms with van der Waals surface area (Å²) in [6.07, 6.45) is 5.23. The van der Waals surface area contributed by atoms with E-state index in [1.807, 2.05) is 18.2 Å². The van der Waals surface area contributed by atoms with Gasteiger partial charge >= 0.3 is 6.09 Å². The number of aryl methyl sites for hydroxylation is 1. The molecule has 0 bridgehead atoms. The molecule has 2 aromatic carbocycles. The van der Waals surface area contributed by atoms with Gasteiger partial charge in [-0.05, 0) is 88.5 Å². The molecule has 7 nitrogen and oxygen atoms in total. The number of rotatable bonds is 8. The van der Waals surface area contributed by atoms with E-state index in [1.165, 1.54) is 5.56 Å². The predicted octanol–water partition coefficient (Wildman–Crippen LogP) is 5.05. The van der Waals surface area contributed by atoms with Crippen molar-refractivity contribution in [3.8, 4) is 0 Å². The number of piperidine rings is 2. The highest BCUT2D eigenvalue weighted by Crippen LogP contribution is 2.33. The molecule has 0 N–H and O–H groups in total. The van der Waals surface area contributed by atoms with Crippen LogP contribution in [0.3, 0.4) is 0 Å². The van der Waals surface area contributed by atoms with Gasteiger partial charge in [0.2, 0.25) is 10.0 Å². The average molecular weight is 548 g/mol. The summed E-state index contributed by atoms with van der Waals surface area (Å²) in [5.41, 5.74) is 1.18. The van der Waals surface area contributed by atoms with Crippen LogP contribution < -0.4 is 0 Å². The Labute approximate surface area is 226 Å². The van der Waals surface area contributed by atoms with E-state index in [1.54, 1.807) is 40.5 Å². The molecule has 0 radical (unpaired) electrons. The van der Waals surface area contributed by atoms with E-state index in [0.717, 1.165) is 45.2 Å². The molecule has 1 amide bonds. The topological polar surface area (TPSA) is 70.2 Å². The van der Waals surface area contributed by atoms with E-state index in [9.17, 15) is 13.2 Å². The fourth-order valence-corrected chi connectivity index (χ4v) is 7.48. The Morgan fingerprint density at radius 2 is 1.65 bits per heavy atom. The smallest absolute Gasteiger partial charge is 0.409 e. The van der Waals surface area contributed by atoms with Crippen molar-refractivity contribution in [3.63, 3.8) is 0 Å². The van der Waals surface area contributed by atoms with Crippen molar-refractivity contribution < 1.29 is 17.9 Å². The van der Waals surface area contributed by atoms with Crippen molar-refractivity contribution in [1.29, 1.82) is 0 Å². The summed E-state index contributed by atoms with van der Waals surface area (Å²) in [4.78, 5) is 17.1. The van der Waals surface area contributed by atoms with Gasteiger partial charge in [-0.1, -0.05) is 48.4 Å². The largest absolute Gasteiger partial charge is 0.448 e. The molecule has 9 heteroatoms. The van der Waals surface area contributed by atoms with Crippen LogP contribution in [0.1, 0.15) is 44.1 Å². The molecule has 0 aliphatic carbocycles. The second-order valence-electron chi connectivity index (χ2n) is 10.3. The first-order valence-corrected chi connectivity index (χ1v) is 15.0. The van der Waals surface area contributed by atoms with Gasteiger partial charge in [0.15, 0.2) is 0 Å². The number of benzene rings is 2. The zero-order valence-electron chi connectivity index (χ0n) is 21.8. The lowest BCUT2D eigenvalue weighted by molar-refractivity contribution is 0.0503. The average Bonchev–Trinajstić information content (AvgIpc) is 2.91. The Kier molecular flexibility index (Phi) is 9.51. The number of nitrogens with zero attached hydrogens (tertiary/aromatic N) is 3. The van der Waals surface area contributed by atoms with Crippen LogP contribution in [0.25, 0.3) is 0 Å². The minimum absolute atomic E-state index is 0.0461. The number of amides is 1. The predicted molar refractivity (Wildman–Crippen MR) is 146 cm³/mol. The monoisotopic (exact) mass is 547 g/mol. The molecule has 2 aliphatic heterocycles. The van der Waals surface area contributed by atoms with Crippen LogP contribution >= 0.6 is 11.6 Å². The Bertz CT molecular complexity index is 1120. The molecule has 2 fully saturated rings. The second kappa shape index (κ2) is 12.6. The normalized spacial score (nSPS) is 22.0. The summed E-state index contributed by atoms with van der Waals surface area (Å²) in [6, 6.07) is 16.0.